The molecule has 0 aliphatic carbocycles. The summed E-state index contributed by atoms with van der Waals surface area (Å²) < 4.78 is 38.6. The second-order valence-electron chi connectivity index (χ2n) is 9.09. The van der Waals surface area contributed by atoms with Gasteiger partial charge in [0.1, 0.15) is 5.82 Å². The van der Waals surface area contributed by atoms with Crippen LogP contribution < -0.4 is 11.1 Å². The molecule has 0 saturated carbocycles. The van der Waals surface area contributed by atoms with Gasteiger partial charge in [0.15, 0.2) is 11.5 Å². The first kappa shape index (κ1) is 26.2. The fourth-order valence-electron chi connectivity index (χ4n) is 4.07. The predicted molar refractivity (Wildman–Crippen MR) is 143 cm³/mol. The van der Waals surface area contributed by atoms with Crippen LogP contribution in [0.1, 0.15) is 25.3 Å². The molecule has 2 unspecified atom stereocenters. The van der Waals surface area contributed by atoms with E-state index in [1.807, 2.05) is 37.3 Å². The molecule has 4 aromatic rings. The lowest BCUT2D eigenvalue weighted by Gasteiger charge is -2.10. The van der Waals surface area contributed by atoms with E-state index in [-0.39, 0.29) is 46.8 Å². The van der Waals surface area contributed by atoms with Crippen LogP contribution in [0.25, 0.3) is 34.3 Å². The molecule has 11 heteroatoms. The Labute approximate surface area is 223 Å². The Balaban J connectivity index is 1.32. The van der Waals surface area contributed by atoms with Crippen LogP contribution in [-0.2, 0) is 11.3 Å². The van der Waals surface area contributed by atoms with Crippen LogP contribution in [0.2, 0.25) is 0 Å². The zero-order valence-corrected chi connectivity index (χ0v) is 21.7. The highest BCUT2D eigenvalue weighted by Crippen LogP contribution is 2.31. The van der Waals surface area contributed by atoms with Crippen molar-refractivity contribution in [1.29, 1.82) is 0 Å². The fourth-order valence-corrected chi connectivity index (χ4v) is 5.04. The van der Waals surface area contributed by atoms with Crippen molar-refractivity contribution >= 4 is 17.6 Å². The number of nitrogen functional groups attached to an aromatic ring is 1. The lowest BCUT2D eigenvalue weighted by atomic mass is 10.1. The molecule has 0 amide bonds. The van der Waals surface area contributed by atoms with E-state index in [4.69, 9.17) is 14.9 Å². The summed E-state index contributed by atoms with van der Waals surface area (Å²) in [4.78, 5) is 9.87. The third-order valence-corrected chi connectivity index (χ3v) is 7.40. The lowest BCUT2D eigenvalue weighted by Crippen LogP contribution is -2.28. The van der Waals surface area contributed by atoms with E-state index in [0.29, 0.717) is 25.3 Å². The number of hydrogen-bond acceptors (Lipinski definition) is 9. The van der Waals surface area contributed by atoms with Gasteiger partial charge in [-0.15, -0.1) is 22.0 Å². The van der Waals surface area contributed by atoms with Crippen LogP contribution in [0.15, 0.2) is 58.0 Å². The first-order chi connectivity index (χ1) is 18.5. The maximum Gasteiger partial charge on any atom is 0.270 e. The van der Waals surface area contributed by atoms with E-state index in [2.05, 4.69) is 25.5 Å². The molecule has 0 spiro atoms. The SMILES string of the molecule is CC(CCF)Sc1ccc(-c2cnc(N)c(-c3nnc(-c4ccc(CNC5CCOC5)cc4F)o3)n2)cc1. The van der Waals surface area contributed by atoms with Crippen molar-refractivity contribution in [2.75, 3.05) is 25.6 Å². The highest BCUT2D eigenvalue weighted by Gasteiger charge is 2.20. The quantitative estimate of drug-likeness (QED) is 0.260. The Kier molecular flexibility index (Phi) is 8.26. The number of benzene rings is 2. The molecule has 1 aliphatic rings. The average molecular weight is 539 g/mol. The van der Waals surface area contributed by atoms with Crippen LogP contribution in [0.4, 0.5) is 14.6 Å². The molecule has 8 nitrogen and oxygen atoms in total. The Hall–Kier alpha value is -3.41. The minimum atomic E-state index is -0.464. The summed E-state index contributed by atoms with van der Waals surface area (Å²) in [7, 11) is 0. The number of thioether (sulfide) groups is 1. The Morgan fingerprint density at radius 1 is 1.16 bits per heavy atom. The molecular formula is C27H28F2N6O2S. The van der Waals surface area contributed by atoms with Crippen molar-refractivity contribution in [3.8, 4) is 34.3 Å². The molecule has 1 saturated heterocycles. The molecular weight excluding hydrogens is 510 g/mol. The number of nitrogens with zero attached hydrogens (tertiary/aromatic N) is 4. The van der Waals surface area contributed by atoms with E-state index in [9.17, 15) is 8.78 Å². The number of rotatable bonds is 10. The van der Waals surface area contributed by atoms with E-state index >= 15 is 0 Å². The highest BCUT2D eigenvalue weighted by atomic mass is 32.2. The fraction of sp³-hybridized carbons (Fsp3) is 0.333. The summed E-state index contributed by atoms with van der Waals surface area (Å²) >= 11 is 1.62. The van der Waals surface area contributed by atoms with Crippen LogP contribution in [0, 0.1) is 5.82 Å². The Bertz CT molecular complexity index is 1380. The van der Waals surface area contributed by atoms with Crippen molar-refractivity contribution in [3.63, 3.8) is 0 Å². The monoisotopic (exact) mass is 538 g/mol. The molecule has 2 atom stereocenters. The Morgan fingerprint density at radius 2 is 1.97 bits per heavy atom. The van der Waals surface area contributed by atoms with Gasteiger partial charge >= 0.3 is 0 Å². The molecule has 0 radical (unpaired) electrons. The zero-order chi connectivity index (χ0) is 26.5. The third-order valence-electron chi connectivity index (χ3n) is 6.22. The maximum absolute atomic E-state index is 14.9. The van der Waals surface area contributed by atoms with Gasteiger partial charge in [-0.05, 0) is 42.7 Å². The number of halogens is 2. The van der Waals surface area contributed by atoms with Crippen molar-refractivity contribution in [2.45, 2.75) is 42.5 Å². The van der Waals surface area contributed by atoms with Gasteiger partial charge in [0.25, 0.3) is 11.8 Å². The maximum atomic E-state index is 14.9. The normalized spacial score (nSPS) is 16.1. The highest BCUT2D eigenvalue weighted by molar-refractivity contribution is 7.99. The number of hydrogen-bond donors (Lipinski definition) is 2. The van der Waals surface area contributed by atoms with Gasteiger partial charge in [0.05, 0.1) is 30.7 Å². The minimum Gasteiger partial charge on any atom is -0.414 e. The van der Waals surface area contributed by atoms with Crippen molar-refractivity contribution in [1.82, 2.24) is 25.5 Å². The molecule has 1 fully saturated rings. The number of anilines is 1. The van der Waals surface area contributed by atoms with Crippen LogP contribution in [0.5, 0.6) is 0 Å². The molecule has 3 heterocycles. The zero-order valence-electron chi connectivity index (χ0n) is 20.9. The summed E-state index contributed by atoms with van der Waals surface area (Å²) in [6, 6.07) is 12.9. The van der Waals surface area contributed by atoms with Crippen LogP contribution in [-0.4, -0.2) is 51.3 Å². The predicted octanol–water partition coefficient (Wildman–Crippen LogP) is 5.30. The summed E-state index contributed by atoms with van der Waals surface area (Å²) in [6.07, 6.45) is 3.02. The molecule has 198 valence electrons. The molecule has 38 heavy (non-hydrogen) atoms. The van der Waals surface area contributed by atoms with Gasteiger partial charge in [-0.3, -0.25) is 4.39 Å². The molecule has 5 rings (SSSR count). The van der Waals surface area contributed by atoms with Gasteiger partial charge in [0, 0.05) is 34.9 Å². The molecule has 2 aromatic heterocycles. The van der Waals surface area contributed by atoms with Crippen LogP contribution >= 0.6 is 11.8 Å². The topological polar surface area (TPSA) is 112 Å². The van der Waals surface area contributed by atoms with Gasteiger partial charge < -0.3 is 20.2 Å². The number of nitrogens with one attached hydrogen (secondary N) is 1. The summed E-state index contributed by atoms with van der Waals surface area (Å²) in [5.74, 6) is -0.273. The van der Waals surface area contributed by atoms with Gasteiger partial charge in [-0.1, -0.05) is 25.1 Å². The smallest absolute Gasteiger partial charge is 0.270 e. The van der Waals surface area contributed by atoms with Gasteiger partial charge in [-0.25, -0.2) is 14.4 Å². The minimum absolute atomic E-state index is 0.0246. The molecule has 0 bridgehead atoms. The molecule has 3 N–H and O–H groups in total. The second-order valence-corrected chi connectivity index (χ2v) is 10.6. The van der Waals surface area contributed by atoms with E-state index in [1.165, 1.54) is 6.07 Å². The summed E-state index contributed by atoms with van der Waals surface area (Å²) in [5, 5.41) is 11.6. The van der Waals surface area contributed by atoms with Crippen molar-refractivity contribution in [2.24, 2.45) is 0 Å². The standard InChI is InChI=1S/C27H28F2N6O2S/c1-16(8-10-28)38-20-5-3-18(4-6-20)23-14-32-25(30)24(33-23)27-35-34-26(37-27)21-7-2-17(12-22(21)29)13-31-19-9-11-36-15-19/h2-7,12,14,16,19,31H,8-11,13,15H2,1H3,(H2,30,32). The number of ether oxygens (including phenoxy) is 1. The Morgan fingerprint density at radius 3 is 2.71 bits per heavy atom. The van der Waals surface area contributed by atoms with Gasteiger partial charge in [-0.2, -0.15) is 0 Å². The lowest BCUT2D eigenvalue weighted by molar-refractivity contribution is 0.190. The first-order valence-electron chi connectivity index (χ1n) is 12.4. The van der Waals surface area contributed by atoms with Crippen molar-refractivity contribution in [3.05, 3.63) is 60.0 Å². The first-order valence-corrected chi connectivity index (χ1v) is 13.3. The molecule has 2 aromatic carbocycles. The largest absolute Gasteiger partial charge is 0.414 e. The number of nitrogens with two attached hydrogens (primary N) is 1. The average Bonchev–Trinajstić information content (AvgIpc) is 3.61. The van der Waals surface area contributed by atoms with E-state index < -0.39 is 5.82 Å². The summed E-state index contributed by atoms with van der Waals surface area (Å²) in [6.45, 7) is 3.62. The van der Waals surface area contributed by atoms with Crippen molar-refractivity contribution < 1.29 is 17.9 Å². The van der Waals surface area contributed by atoms with Crippen LogP contribution in [0.3, 0.4) is 0 Å². The number of alkyl halides is 1. The van der Waals surface area contributed by atoms with E-state index in [1.54, 1.807) is 24.0 Å². The number of aromatic nitrogens is 4. The second kappa shape index (κ2) is 12.0. The third kappa shape index (κ3) is 6.17. The summed E-state index contributed by atoms with van der Waals surface area (Å²) in [5.41, 5.74) is 8.67. The van der Waals surface area contributed by atoms with E-state index in [0.717, 1.165) is 29.1 Å². The molecule has 1 aliphatic heterocycles. The van der Waals surface area contributed by atoms with Gasteiger partial charge in [0.2, 0.25) is 0 Å².